The molecule has 2 unspecified atom stereocenters. The monoisotopic (exact) mass is 567 g/mol. The first kappa shape index (κ1) is 26.9. The highest BCUT2D eigenvalue weighted by atomic mass is 32.2. The minimum absolute atomic E-state index is 0.0288. The molecule has 8 nitrogen and oxygen atoms in total. The number of hydrogen-bond donors (Lipinski definition) is 2. The lowest BCUT2D eigenvalue weighted by atomic mass is 9.94. The summed E-state index contributed by atoms with van der Waals surface area (Å²) >= 11 is 0. The van der Waals surface area contributed by atoms with Crippen molar-refractivity contribution >= 4 is 24.0 Å². The molecule has 0 radical (unpaired) electrons. The van der Waals surface area contributed by atoms with Crippen LogP contribution < -0.4 is 14.5 Å². The molecule has 0 bridgehead atoms. The van der Waals surface area contributed by atoms with Gasteiger partial charge < -0.3 is 4.90 Å². The summed E-state index contributed by atoms with van der Waals surface area (Å²) in [6.07, 6.45) is 0.444. The summed E-state index contributed by atoms with van der Waals surface area (Å²) < 4.78 is 57.9. The van der Waals surface area contributed by atoms with Crippen molar-refractivity contribution in [2.24, 2.45) is 0 Å². The number of rotatable bonds is 9. The highest BCUT2D eigenvalue weighted by Gasteiger charge is 2.29. The predicted molar refractivity (Wildman–Crippen MR) is 145 cm³/mol. The minimum atomic E-state index is -3.98. The van der Waals surface area contributed by atoms with Gasteiger partial charge in [-0.25, -0.2) is 17.5 Å². The van der Waals surface area contributed by atoms with Crippen LogP contribution in [-0.2, 0) is 32.2 Å². The van der Waals surface area contributed by atoms with Crippen LogP contribution in [0, 0.1) is 5.82 Å². The molecular formula is C28H25FN2O6PS+. The van der Waals surface area contributed by atoms with Gasteiger partial charge in [0.25, 0.3) is 0 Å². The summed E-state index contributed by atoms with van der Waals surface area (Å²) in [5, 5.41) is 0. The number of fused-ring (bicyclic) bond motifs is 1. The van der Waals surface area contributed by atoms with Gasteiger partial charge in [-0.15, -0.1) is 4.89 Å². The molecule has 200 valence electrons. The Labute approximate surface area is 226 Å². The molecule has 2 N–H and O–H groups in total. The molecule has 0 fully saturated rings. The summed E-state index contributed by atoms with van der Waals surface area (Å²) in [6.45, 7) is 1.02. The zero-order chi connectivity index (χ0) is 27.4. The van der Waals surface area contributed by atoms with Gasteiger partial charge in [0.2, 0.25) is 10.0 Å². The summed E-state index contributed by atoms with van der Waals surface area (Å²) in [7, 11) is -6.99. The van der Waals surface area contributed by atoms with Gasteiger partial charge in [-0.05, 0) is 65.1 Å². The first-order chi connectivity index (χ1) is 18.8. The van der Waals surface area contributed by atoms with E-state index in [1.807, 2.05) is 48.5 Å². The Morgan fingerprint density at radius 1 is 0.949 bits per heavy atom. The fourth-order valence-electron chi connectivity index (χ4n) is 4.66. The number of halogens is 1. The second-order valence-corrected chi connectivity index (χ2v) is 11.4. The third kappa shape index (κ3) is 6.68. The van der Waals surface area contributed by atoms with Gasteiger partial charge >= 0.3 is 8.25 Å². The van der Waals surface area contributed by atoms with Gasteiger partial charge in [0, 0.05) is 35.5 Å². The number of hydrogen-bond acceptors (Lipinski definition) is 6. The molecule has 5 rings (SSSR count). The van der Waals surface area contributed by atoms with Crippen molar-refractivity contribution in [1.29, 1.82) is 0 Å². The summed E-state index contributed by atoms with van der Waals surface area (Å²) in [5.41, 5.74) is 4.82. The van der Waals surface area contributed by atoms with E-state index in [9.17, 15) is 17.4 Å². The molecular weight excluding hydrogens is 542 g/mol. The van der Waals surface area contributed by atoms with Crippen molar-refractivity contribution in [3.8, 4) is 16.9 Å². The summed E-state index contributed by atoms with van der Waals surface area (Å²) in [4.78, 5) is 15.6. The van der Waals surface area contributed by atoms with Gasteiger partial charge in [-0.1, -0.05) is 54.6 Å². The Morgan fingerprint density at radius 2 is 1.69 bits per heavy atom. The van der Waals surface area contributed by atoms with Gasteiger partial charge in [0.15, 0.2) is 5.75 Å². The fourth-order valence-corrected chi connectivity index (χ4v) is 6.07. The van der Waals surface area contributed by atoms with Gasteiger partial charge in [-0.2, -0.15) is 0 Å². The maximum Gasteiger partial charge on any atom is 0.735 e. The van der Waals surface area contributed by atoms with Crippen LogP contribution in [0.1, 0.15) is 11.1 Å². The quantitative estimate of drug-likeness (QED) is 0.159. The van der Waals surface area contributed by atoms with Gasteiger partial charge in [0.05, 0.1) is 4.90 Å². The molecule has 1 aliphatic rings. The molecule has 0 spiro atoms. The van der Waals surface area contributed by atoms with Crippen LogP contribution in [0.2, 0.25) is 0 Å². The number of nitrogens with one attached hydrogen (secondary N) is 1. The SMILES string of the molecule is O=[P+](O)OOc1cccc(S(=O)(=O)NC2Cc3cc(-c4ccc(F)cc4)ccc3N(Cc3ccccc3)C2)c1. The molecule has 0 saturated heterocycles. The third-order valence-electron chi connectivity index (χ3n) is 6.36. The molecule has 11 heteroatoms. The lowest BCUT2D eigenvalue weighted by Gasteiger charge is -2.37. The topological polar surface area (TPSA) is 105 Å². The van der Waals surface area contributed by atoms with Crippen molar-refractivity contribution in [3.05, 3.63) is 114 Å². The number of benzene rings is 4. The molecule has 2 atom stereocenters. The second-order valence-electron chi connectivity index (χ2n) is 9.11. The maximum absolute atomic E-state index is 13.5. The summed E-state index contributed by atoms with van der Waals surface area (Å²) in [5.74, 6) is -0.342. The van der Waals surface area contributed by atoms with Crippen LogP contribution in [0.4, 0.5) is 10.1 Å². The fraction of sp³-hybridized carbons (Fsp3) is 0.143. The predicted octanol–water partition coefficient (Wildman–Crippen LogP) is 5.36. The second kappa shape index (κ2) is 11.6. The summed E-state index contributed by atoms with van der Waals surface area (Å²) in [6, 6.07) is 27.2. The normalized spacial score (nSPS) is 15.5. The Kier molecular flexibility index (Phi) is 8.02. The highest BCUT2D eigenvalue weighted by molar-refractivity contribution is 7.89. The van der Waals surface area contributed by atoms with E-state index in [1.54, 1.807) is 12.1 Å². The largest absolute Gasteiger partial charge is 0.735 e. The Hall–Kier alpha value is -3.66. The van der Waals surface area contributed by atoms with E-state index in [0.29, 0.717) is 19.5 Å². The maximum atomic E-state index is 13.5. The van der Waals surface area contributed by atoms with E-state index in [1.165, 1.54) is 36.4 Å². The average Bonchev–Trinajstić information content (AvgIpc) is 2.92. The van der Waals surface area contributed by atoms with Crippen molar-refractivity contribution < 1.29 is 31.8 Å². The molecule has 39 heavy (non-hydrogen) atoms. The molecule has 4 aromatic carbocycles. The third-order valence-corrected chi connectivity index (χ3v) is 8.08. The van der Waals surface area contributed by atoms with Crippen LogP contribution in [-0.4, -0.2) is 25.9 Å². The van der Waals surface area contributed by atoms with E-state index < -0.39 is 24.3 Å². The first-order valence-corrected chi connectivity index (χ1v) is 14.7. The van der Waals surface area contributed by atoms with Crippen molar-refractivity contribution in [2.45, 2.75) is 23.9 Å². The highest BCUT2D eigenvalue weighted by Crippen LogP contribution is 2.33. The Morgan fingerprint density at radius 3 is 2.44 bits per heavy atom. The van der Waals surface area contributed by atoms with E-state index in [-0.39, 0.29) is 16.5 Å². The van der Waals surface area contributed by atoms with Crippen LogP contribution in [0.15, 0.2) is 102 Å². The van der Waals surface area contributed by atoms with E-state index in [4.69, 9.17) is 9.78 Å². The number of anilines is 1. The first-order valence-electron chi connectivity index (χ1n) is 12.1. The molecule has 0 aliphatic carbocycles. The van der Waals surface area contributed by atoms with Gasteiger partial charge in [-0.3, -0.25) is 4.89 Å². The van der Waals surface area contributed by atoms with Crippen LogP contribution in [0.25, 0.3) is 11.1 Å². The van der Waals surface area contributed by atoms with Crippen LogP contribution in [0.3, 0.4) is 0 Å². The van der Waals surface area contributed by atoms with Gasteiger partial charge in [0.1, 0.15) is 10.5 Å². The molecule has 0 aromatic heterocycles. The molecule has 0 amide bonds. The zero-order valence-corrected chi connectivity index (χ0v) is 22.3. The van der Waals surface area contributed by atoms with Crippen molar-refractivity contribution in [1.82, 2.24) is 4.72 Å². The standard InChI is InChI=1S/C28H24FN2O6PS/c29-24-12-9-21(10-13-24)22-11-14-28-23(15-22)16-25(19-31(28)18-20-5-2-1-3-6-20)30-39(34,35)27-8-4-7-26(17-27)36-37-38(32)33/h1-15,17,25,30H,16,18-19H2/p+1. The molecule has 1 heterocycles. The van der Waals surface area contributed by atoms with Crippen molar-refractivity contribution in [2.75, 3.05) is 11.4 Å². The molecule has 1 aliphatic heterocycles. The Balaban J connectivity index is 1.43. The van der Waals surface area contributed by atoms with Crippen LogP contribution >= 0.6 is 8.25 Å². The smallest absolute Gasteiger partial charge is 0.365 e. The minimum Gasteiger partial charge on any atom is -0.365 e. The average molecular weight is 568 g/mol. The van der Waals surface area contributed by atoms with E-state index in [0.717, 1.165) is 27.9 Å². The van der Waals surface area contributed by atoms with E-state index in [2.05, 4.69) is 14.3 Å². The Bertz CT molecular complexity index is 1590. The van der Waals surface area contributed by atoms with Crippen LogP contribution in [0.5, 0.6) is 5.75 Å². The van der Waals surface area contributed by atoms with Crippen molar-refractivity contribution in [3.63, 3.8) is 0 Å². The zero-order valence-electron chi connectivity index (χ0n) is 20.6. The molecule has 4 aromatic rings. The number of sulfonamides is 1. The number of nitrogens with zero attached hydrogens (tertiary/aromatic N) is 1. The van der Waals surface area contributed by atoms with E-state index >= 15 is 0 Å². The molecule has 0 saturated carbocycles. The lowest BCUT2D eigenvalue weighted by Crippen LogP contribution is -2.48. The lowest BCUT2D eigenvalue weighted by molar-refractivity contribution is -0.102.